The second-order valence-corrected chi connectivity index (χ2v) is 7.84. The van der Waals surface area contributed by atoms with Crippen molar-refractivity contribution in [3.63, 3.8) is 0 Å². The van der Waals surface area contributed by atoms with Gasteiger partial charge in [0, 0.05) is 11.8 Å². The smallest absolute Gasteiger partial charge is 0.139 e. The van der Waals surface area contributed by atoms with Crippen molar-refractivity contribution in [3.05, 3.63) is 29.3 Å². The number of carbonyl (C=O) groups excluding carboxylic acids is 1. The van der Waals surface area contributed by atoms with Gasteiger partial charge in [-0.25, -0.2) is 0 Å². The number of ether oxygens (including phenoxy) is 1. The molecule has 1 aromatic carbocycles. The lowest BCUT2D eigenvalue weighted by atomic mass is 9.49. The first kappa shape index (κ1) is 15.2. The van der Waals surface area contributed by atoms with Crippen LogP contribution < -0.4 is 4.74 Å². The molecule has 2 fully saturated rings. The van der Waals surface area contributed by atoms with Gasteiger partial charge in [0.15, 0.2) is 0 Å². The molecule has 23 heavy (non-hydrogen) atoms. The minimum absolute atomic E-state index is 0.00971. The fraction of sp³-hybridized carbons (Fsp3) is 0.667. The van der Waals surface area contributed by atoms with E-state index in [2.05, 4.69) is 25.1 Å². The van der Waals surface area contributed by atoms with Crippen LogP contribution in [0.1, 0.15) is 68.9 Å². The van der Waals surface area contributed by atoms with Crippen LogP contribution in [-0.4, -0.2) is 12.9 Å². The lowest BCUT2D eigenvalue weighted by molar-refractivity contribution is -0.142. The van der Waals surface area contributed by atoms with Gasteiger partial charge in [0.05, 0.1) is 7.11 Å². The van der Waals surface area contributed by atoms with Gasteiger partial charge in [-0.3, -0.25) is 4.79 Å². The highest BCUT2D eigenvalue weighted by Crippen LogP contribution is 2.59. The molecule has 0 N–H and O–H groups in total. The first-order valence-electron chi connectivity index (χ1n) is 9.39. The molecule has 3 aliphatic carbocycles. The molecule has 124 valence electrons. The zero-order valence-electron chi connectivity index (χ0n) is 14.4. The van der Waals surface area contributed by atoms with E-state index in [0.29, 0.717) is 23.5 Å². The van der Waals surface area contributed by atoms with Gasteiger partial charge in [0.1, 0.15) is 11.5 Å². The summed E-state index contributed by atoms with van der Waals surface area (Å²) in [5.74, 6) is 3.52. The average molecular weight is 312 g/mol. The van der Waals surface area contributed by atoms with Crippen molar-refractivity contribution in [2.45, 2.75) is 64.2 Å². The Balaban J connectivity index is 1.72. The summed E-state index contributed by atoms with van der Waals surface area (Å²) in [6, 6.07) is 6.64. The average Bonchev–Trinajstić information content (AvgIpc) is 2.61. The fourth-order valence-corrected chi connectivity index (χ4v) is 6.09. The van der Waals surface area contributed by atoms with Crippen molar-refractivity contribution < 1.29 is 9.53 Å². The minimum atomic E-state index is 0.00971. The summed E-state index contributed by atoms with van der Waals surface area (Å²) in [7, 11) is 1.75. The minimum Gasteiger partial charge on any atom is -0.497 e. The van der Waals surface area contributed by atoms with Crippen molar-refractivity contribution >= 4 is 5.78 Å². The summed E-state index contributed by atoms with van der Waals surface area (Å²) in [5.41, 5.74) is 3.04. The maximum absolute atomic E-state index is 12.8. The molecule has 0 radical (unpaired) electrons. The molecular weight excluding hydrogens is 284 g/mol. The summed E-state index contributed by atoms with van der Waals surface area (Å²) < 4.78 is 5.47. The monoisotopic (exact) mass is 312 g/mol. The lowest BCUT2D eigenvalue weighted by Crippen LogP contribution is -2.50. The van der Waals surface area contributed by atoms with E-state index in [0.717, 1.165) is 31.4 Å². The maximum Gasteiger partial charge on any atom is 0.139 e. The van der Waals surface area contributed by atoms with Crippen LogP contribution in [0, 0.1) is 17.3 Å². The predicted octanol–water partition coefficient (Wildman–Crippen LogP) is 4.90. The SMILES string of the molecule is CC[C@]12CC[C@@H]3c4cc(OC)ccc4CC[C@H]3[C@@H]1CCCC2=O. The molecule has 4 rings (SSSR count). The van der Waals surface area contributed by atoms with E-state index in [1.54, 1.807) is 7.11 Å². The molecule has 4 atom stereocenters. The lowest BCUT2D eigenvalue weighted by Gasteiger charge is -2.54. The van der Waals surface area contributed by atoms with Gasteiger partial charge < -0.3 is 4.74 Å². The van der Waals surface area contributed by atoms with Gasteiger partial charge in [-0.1, -0.05) is 13.0 Å². The van der Waals surface area contributed by atoms with Gasteiger partial charge in [-0.05, 0) is 86.0 Å². The first-order valence-corrected chi connectivity index (χ1v) is 9.39. The molecule has 3 aliphatic rings. The van der Waals surface area contributed by atoms with Crippen molar-refractivity contribution in [3.8, 4) is 5.75 Å². The zero-order valence-corrected chi connectivity index (χ0v) is 14.4. The van der Waals surface area contributed by atoms with Crippen molar-refractivity contribution in [1.29, 1.82) is 0 Å². The van der Waals surface area contributed by atoms with Gasteiger partial charge in [-0.2, -0.15) is 0 Å². The Morgan fingerprint density at radius 3 is 2.87 bits per heavy atom. The maximum atomic E-state index is 12.8. The standard InChI is InChI=1S/C21H28O2/c1-3-21-12-11-16-17(19(21)5-4-6-20(21)22)10-8-14-7-9-15(23-2)13-18(14)16/h7,9,13,16-17,19H,3-6,8,10-12H2,1-2H3/t16-,17+,19-,21-/m0/s1. The number of benzene rings is 1. The third-order valence-corrected chi connectivity index (χ3v) is 7.25. The number of aryl methyl sites for hydroxylation is 1. The van der Waals surface area contributed by atoms with Crippen LogP contribution in [-0.2, 0) is 11.2 Å². The van der Waals surface area contributed by atoms with E-state index < -0.39 is 0 Å². The topological polar surface area (TPSA) is 26.3 Å². The second-order valence-electron chi connectivity index (χ2n) is 7.84. The summed E-state index contributed by atoms with van der Waals surface area (Å²) >= 11 is 0. The molecule has 0 saturated heterocycles. The molecule has 2 nitrogen and oxygen atoms in total. The number of carbonyl (C=O) groups is 1. The number of ketones is 1. The summed E-state index contributed by atoms with van der Waals surface area (Å²) in [4.78, 5) is 12.8. The Kier molecular flexibility index (Phi) is 3.74. The van der Waals surface area contributed by atoms with Crippen LogP contribution in [0.4, 0.5) is 0 Å². The van der Waals surface area contributed by atoms with Crippen LogP contribution >= 0.6 is 0 Å². The highest BCUT2D eigenvalue weighted by molar-refractivity contribution is 5.86. The van der Waals surface area contributed by atoms with E-state index in [1.165, 1.54) is 36.8 Å². The van der Waals surface area contributed by atoms with Crippen molar-refractivity contribution in [2.24, 2.45) is 17.3 Å². The van der Waals surface area contributed by atoms with Crippen LogP contribution in [0.15, 0.2) is 18.2 Å². The van der Waals surface area contributed by atoms with Crippen LogP contribution in [0.2, 0.25) is 0 Å². The first-order chi connectivity index (χ1) is 11.2. The highest BCUT2D eigenvalue weighted by atomic mass is 16.5. The normalized spacial score (nSPS) is 35.9. The Hall–Kier alpha value is -1.31. The van der Waals surface area contributed by atoms with E-state index in [-0.39, 0.29) is 5.41 Å². The molecule has 0 aromatic heterocycles. The van der Waals surface area contributed by atoms with Gasteiger partial charge in [-0.15, -0.1) is 0 Å². The zero-order chi connectivity index (χ0) is 16.0. The van der Waals surface area contributed by atoms with Gasteiger partial charge in [0.2, 0.25) is 0 Å². The number of rotatable bonds is 2. The van der Waals surface area contributed by atoms with Crippen molar-refractivity contribution in [1.82, 2.24) is 0 Å². The van der Waals surface area contributed by atoms with E-state index in [1.807, 2.05) is 0 Å². The van der Waals surface area contributed by atoms with Crippen molar-refractivity contribution in [2.75, 3.05) is 7.11 Å². The third kappa shape index (κ3) is 2.17. The molecular formula is C21H28O2. The Morgan fingerprint density at radius 1 is 1.22 bits per heavy atom. The number of fused-ring (bicyclic) bond motifs is 5. The van der Waals surface area contributed by atoms with Crippen LogP contribution in [0.5, 0.6) is 5.75 Å². The number of Topliss-reactive ketones (excluding diaryl/α,β-unsaturated/α-hetero) is 1. The predicted molar refractivity (Wildman–Crippen MR) is 91.9 cm³/mol. The third-order valence-electron chi connectivity index (χ3n) is 7.25. The van der Waals surface area contributed by atoms with E-state index >= 15 is 0 Å². The molecule has 0 aliphatic heterocycles. The highest BCUT2D eigenvalue weighted by Gasteiger charge is 2.54. The molecule has 0 unspecified atom stereocenters. The number of methoxy groups -OCH3 is 1. The molecule has 2 heteroatoms. The Morgan fingerprint density at radius 2 is 2.09 bits per heavy atom. The van der Waals surface area contributed by atoms with Gasteiger partial charge in [0.25, 0.3) is 0 Å². The number of hydrogen-bond acceptors (Lipinski definition) is 2. The second kappa shape index (κ2) is 5.65. The molecule has 2 saturated carbocycles. The largest absolute Gasteiger partial charge is 0.497 e. The summed E-state index contributed by atoms with van der Waals surface area (Å²) in [5, 5.41) is 0. The quantitative estimate of drug-likeness (QED) is 0.776. The Bertz CT molecular complexity index is 620. The van der Waals surface area contributed by atoms with E-state index in [4.69, 9.17) is 4.74 Å². The summed E-state index contributed by atoms with van der Waals surface area (Å²) in [6.07, 6.45) is 8.97. The Labute approximate surface area is 139 Å². The van der Waals surface area contributed by atoms with Crippen LogP contribution in [0.25, 0.3) is 0 Å². The molecule has 0 bridgehead atoms. The molecule has 1 aromatic rings. The molecule has 0 heterocycles. The molecule has 0 amide bonds. The summed E-state index contributed by atoms with van der Waals surface area (Å²) in [6.45, 7) is 2.25. The fourth-order valence-electron chi connectivity index (χ4n) is 6.09. The van der Waals surface area contributed by atoms with E-state index in [9.17, 15) is 4.79 Å². The molecule has 0 spiro atoms. The van der Waals surface area contributed by atoms with Crippen LogP contribution in [0.3, 0.4) is 0 Å². The van der Waals surface area contributed by atoms with Gasteiger partial charge >= 0.3 is 0 Å². The number of hydrogen-bond donors (Lipinski definition) is 0.